The SMILES string of the molecule is Cc1cnc(SCCN2CCOCC2)nc1C1CCCN(C(=O)Cc2ccsc2)C1. The van der Waals surface area contributed by atoms with Crippen molar-refractivity contribution in [2.24, 2.45) is 0 Å². The Morgan fingerprint density at radius 3 is 3.00 bits per heavy atom. The molecule has 0 bridgehead atoms. The Hall–Kier alpha value is -1.48. The molecule has 2 fully saturated rings. The number of aryl methyl sites for hydroxylation is 1. The molecule has 6 nitrogen and oxygen atoms in total. The van der Waals surface area contributed by atoms with Crippen molar-refractivity contribution in [1.29, 1.82) is 0 Å². The Kier molecular flexibility index (Phi) is 7.76. The van der Waals surface area contributed by atoms with Gasteiger partial charge in [-0.15, -0.1) is 0 Å². The zero-order chi connectivity index (χ0) is 20.8. The van der Waals surface area contributed by atoms with Crippen molar-refractivity contribution in [1.82, 2.24) is 19.8 Å². The molecule has 1 atom stereocenters. The minimum absolute atomic E-state index is 0.227. The third-order valence-electron chi connectivity index (χ3n) is 5.83. The standard InChI is InChI=1S/C22H30N4O2S2/c1-17-14-23-22(30-12-8-25-6-9-28-10-7-25)24-21(17)19-3-2-5-26(15-19)20(27)13-18-4-11-29-16-18/h4,11,14,16,19H,2-3,5-10,12-13,15H2,1H3. The van der Waals surface area contributed by atoms with Gasteiger partial charge >= 0.3 is 0 Å². The molecule has 1 unspecified atom stereocenters. The van der Waals surface area contributed by atoms with Crippen LogP contribution in [0, 0.1) is 6.92 Å². The normalized spacial score (nSPS) is 20.4. The van der Waals surface area contributed by atoms with Crippen LogP contribution in [0.5, 0.6) is 0 Å². The van der Waals surface area contributed by atoms with Gasteiger partial charge in [0, 0.05) is 50.6 Å². The predicted octanol–water partition coefficient (Wildman–Crippen LogP) is 3.22. The van der Waals surface area contributed by atoms with Gasteiger partial charge in [-0.3, -0.25) is 9.69 Å². The molecule has 1 amide bonds. The maximum Gasteiger partial charge on any atom is 0.227 e. The first-order valence-corrected chi connectivity index (χ1v) is 12.7. The van der Waals surface area contributed by atoms with Crippen molar-refractivity contribution in [3.63, 3.8) is 0 Å². The zero-order valence-electron chi connectivity index (χ0n) is 17.6. The fraction of sp³-hybridized carbons (Fsp3) is 0.591. The van der Waals surface area contributed by atoms with E-state index in [1.807, 2.05) is 22.5 Å². The van der Waals surface area contributed by atoms with Gasteiger partial charge in [0.25, 0.3) is 0 Å². The highest BCUT2D eigenvalue weighted by Crippen LogP contribution is 2.29. The fourth-order valence-electron chi connectivity index (χ4n) is 4.12. The molecule has 2 aromatic heterocycles. The summed E-state index contributed by atoms with van der Waals surface area (Å²) in [6, 6.07) is 2.04. The van der Waals surface area contributed by atoms with Gasteiger partial charge in [-0.05, 0) is 47.7 Å². The van der Waals surface area contributed by atoms with Crippen LogP contribution in [0.25, 0.3) is 0 Å². The van der Waals surface area contributed by atoms with Gasteiger partial charge in [0.2, 0.25) is 5.91 Å². The molecule has 2 saturated heterocycles. The molecule has 0 N–H and O–H groups in total. The van der Waals surface area contributed by atoms with Gasteiger partial charge in [-0.2, -0.15) is 11.3 Å². The quantitative estimate of drug-likeness (QED) is 0.481. The number of ether oxygens (including phenoxy) is 1. The van der Waals surface area contributed by atoms with Crippen molar-refractivity contribution in [2.45, 2.75) is 37.3 Å². The number of nitrogens with zero attached hydrogens (tertiary/aromatic N) is 4. The summed E-state index contributed by atoms with van der Waals surface area (Å²) in [5, 5.41) is 4.95. The second-order valence-electron chi connectivity index (χ2n) is 8.01. The summed E-state index contributed by atoms with van der Waals surface area (Å²) in [6.07, 6.45) is 4.56. The van der Waals surface area contributed by atoms with Crippen molar-refractivity contribution in [3.8, 4) is 0 Å². The first-order chi connectivity index (χ1) is 14.7. The molecule has 30 heavy (non-hydrogen) atoms. The number of hydrogen-bond donors (Lipinski definition) is 0. The Bertz CT molecular complexity index is 825. The van der Waals surface area contributed by atoms with Crippen LogP contribution in [0.15, 0.2) is 28.2 Å². The highest BCUT2D eigenvalue weighted by molar-refractivity contribution is 7.99. The second kappa shape index (κ2) is 10.7. The number of carbonyl (C=O) groups is 1. The third kappa shape index (κ3) is 5.81. The third-order valence-corrected chi connectivity index (χ3v) is 7.40. The molecule has 0 spiro atoms. The monoisotopic (exact) mass is 446 g/mol. The number of rotatable bonds is 7. The van der Waals surface area contributed by atoms with E-state index in [1.165, 1.54) is 0 Å². The van der Waals surface area contributed by atoms with Gasteiger partial charge in [0.1, 0.15) is 0 Å². The van der Waals surface area contributed by atoms with Crippen LogP contribution in [0.4, 0.5) is 0 Å². The van der Waals surface area contributed by atoms with E-state index in [2.05, 4.69) is 22.2 Å². The van der Waals surface area contributed by atoms with E-state index in [4.69, 9.17) is 9.72 Å². The smallest absolute Gasteiger partial charge is 0.227 e. The summed E-state index contributed by atoms with van der Waals surface area (Å²) >= 11 is 3.37. The lowest BCUT2D eigenvalue weighted by atomic mass is 9.92. The summed E-state index contributed by atoms with van der Waals surface area (Å²) < 4.78 is 5.41. The Morgan fingerprint density at radius 2 is 2.20 bits per heavy atom. The average Bonchev–Trinajstić information content (AvgIpc) is 3.29. The molecule has 4 rings (SSSR count). The minimum Gasteiger partial charge on any atom is -0.379 e. The summed E-state index contributed by atoms with van der Waals surface area (Å²) in [5.74, 6) is 1.51. The molecule has 0 radical (unpaired) electrons. The number of likely N-dealkylation sites (tertiary alicyclic amines) is 1. The zero-order valence-corrected chi connectivity index (χ0v) is 19.2. The molecule has 4 heterocycles. The summed E-state index contributed by atoms with van der Waals surface area (Å²) in [4.78, 5) is 26.7. The van der Waals surface area contributed by atoms with Crippen LogP contribution in [0.3, 0.4) is 0 Å². The minimum atomic E-state index is 0.227. The molecule has 2 aliphatic rings. The van der Waals surface area contributed by atoms with Gasteiger partial charge in [0.15, 0.2) is 5.16 Å². The molecule has 0 saturated carbocycles. The van der Waals surface area contributed by atoms with E-state index in [1.54, 1.807) is 23.1 Å². The van der Waals surface area contributed by atoms with E-state index >= 15 is 0 Å². The van der Waals surface area contributed by atoms with E-state index in [0.717, 1.165) is 86.5 Å². The lowest BCUT2D eigenvalue weighted by Gasteiger charge is -2.33. The number of thioether (sulfide) groups is 1. The van der Waals surface area contributed by atoms with Crippen LogP contribution in [-0.4, -0.2) is 77.4 Å². The highest BCUT2D eigenvalue weighted by atomic mass is 32.2. The number of morpholine rings is 1. The Labute approximate surface area is 187 Å². The van der Waals surface area contributed by atoms with Gasteiger partial charge in [0.05, 0.1) is 25.3 Å². The second-order valence-corrected chi connectivity index (χ2v) is 9.85. The van der Waals surface area contributed by atoms with Crippen LogP contribution >= 0.6 is 23.1 Å². The number of thiophene rings is 1. The summed E-state index contributed by atoms with van der Waals surface area (Å²) in [6.45, 7) is 8.43. The lowest BCUT2D eigenvalue weighted by molar-refractivity contribution is -0.131. The largest absolute Gasteiger partial charge is 0.379 e. The predicted molar refractivity (Wildman–Crippen MR) is 121 cm³/mol. The van der Waals surface area contributed by atoms with Crippen molar-refractivity contribution >= 4 is 29.0 Å². The summed E-state index contributed by atoms with van der Waals surface area (Å²) in [7, 11) is 0. The van der Waals surface area contributed by atoms with E-state index in [0.29, 0.717) is 12.3 Å². The van der Waals surface area contributed by atoms with Crippen molar-refractivity contribution < 1.29 is 9.53 Å². The molecular weight excluding hydrogens is 416 g/mol. The fourth-order valence-corrected chi connectivity index (χ4v) is 5.61. The van der Waals surface area contributed by atoms with Crippen molar-refractivity contribution in [3.05, 3.63) is 39.8 Å². The van der Waals surface area contributed by atoms with Crippen molar-refractivity contribution in [2.75, 3.05) is 51.7 Å². The van der Waals surface area contributed by atoms with Gasteiger partial charge in [-0.1, -0.05) is 11.8 Å². The number of hydrogen-bond acceptors (Lipinski definition) is 7. The first-order valence-electron chi connectivity index (χ1n) is 10.7. The van der Waals surface area contributed by atoms with Crippen LogP contribution in [0.1, 0.15) is 35.6 Å². The molecule has 2 aromatic rings. The maximum absolute atomic E-state index is 12.8. The molecule has 0 aliphatic carbocycles. The molecule has 8 heteroatoms. The van der Waals surface area contributed by atoms with E-state index < -0.39 is 0 Å². The Morgan fingerprint density at radius 1 is 1.33 bits per heavy atom. The first kappa shape index (κ1) is 21.7. The van der Waals surface area contributed by atoms with Crippen LogP contribution < -0.4 is 0 Å². The topological polar surface area (TPSA) is 58.6 Å². The van der Waals surface area contributed by atoms with E-state index in [9.17, 15) is 4.79 Å². The molecule has 2 aliphatic heterocycles. The number of aromatic nitrogens is 2. The van der Waals surface area contributed by atoms with Crippen LogP contribution in [-0.2, 0) is 16.0 Å². The Balaban J connectivity index is 1.35. The van der Waals surface area contributed by atoms with Crippen LogP contribution in [0.2, 0.25) is 0 Å². The number of carbonyl (C=O) groups excluding carboxylic acids is 1. The molecule has 162 valence electrons. The molecule has 0 aromatic carbocycles. The van der Waals surface area contributed by atoms with E-state index in [-0.39, 0.29) is 5.91 Å². The number of amides is 1. The van der Waals surface area contributed by atoms with Gasteiger partial charge in [-0.25, -0.2) is 9.97 Å². The molecular formula is C22H30N4O2S2. The maximum atomic E-state index is 12.8. The summed E-state index contributed by atoms with van der Waals surface area (Å²) in [5.41, 5.74) is 3.36. The lowest BCUT2D eigenvalue weighted by Crippen LogP contribution is -2.40. The highest BCUT2D eigenvalue weighted by Gasteiger charge is 2.27. The number of piperidine rings is 1. The average molecular weight is 447 g/mol. The van der Waals surface area contributed by atoms with Gasteiger partial charge < -0.3 is 9.64 Å².